The smallest absolute Gasteiger partial charge is 0.390 e. The van der Waals surface area contributed by atoms with E-state index in [9.17, 15) is 24.2 Å². The lowest BCUT2D eigenvalue weighted by atomic mass is 9.87. The molecule has 2 amide bonds. The van der Waals surface area contributed by atoms with Gasteiger partial charge in [-0.05, 0) is 39.9 Å². The third-order valence-electron chi connectivity index (χ3n) is 4.12. The Hall–Kier alpha value is -1.17. The van der Waals surface area contributed by atoms with Crippen LogP contribution in [0.15, 0.2) is 5.16 Å². The van der Waals surface area contributed by atoms with Gasteiger partial charge in [-0.3, -0.25) is 18.6 Å². The molecule has 33 heavy (non-hydrogen) atoms. The van der Waals surface area contributed by atoms with Crippen molar-refractivity contribution in [2.75, 3.05) is 38.3 Å². The lowest BCUT2D eigenvalue weighted by molar-refractivity contribution is -0.137. The summed E-state index contributed by atoms with van der Waals surface area (Å²) in [5.41, 5.74) is -0.544. The first-order valence-electron chi connectivity index (χ1n) is 10.6. The first-order valence-corrected chi connectivity index (χ1v) is 13.3. The zero-order valence-corrected chi connectivity index (χ0v) is 22.4. The quantitative estimate of drug-likeness (QED) is 0.105. The van der Waals surface area contributed by atoms with Crippen LogP contribution < -0.4 is 10.6 Å². The summed E-state index contributed by atoms with van der Waals surface area (Å²) in [7, 11) is -3.20. The van der Waals surface area contributed by atoms with Crippen LogP contribution in [0, 0.1) is 5.41 Å². The highest BCUT2D eigenvalue weighted by Crippen LogP contribution is 2.43. The average molecular weight is 514 g/mol. The zero-order chi connectivity index (χ0) is 25.7. The lowest BCUT2D eigenvalue weighted by Crippen LogP contribution is -2.46. The average Bonchev–Trinajstić information content (AvgIpc) is 2.72. The van der Waals surface area contributed by atoms with E-state index in [4.69, 9.17) is 9.36 Å². The molecule has 0 radical (unpaired) electrons. The maximum Gasteiger partial charge on any atom is 0.471 e. The van der Waals surface area contributed by atoms with Gasteiger partial charge in [-0.2, -0.15) is 11.8 Å². The molecular weight excluding hydrogens is 473 g/mol. The molecular formula is C20H40N3O8PS. The number of amides is 2. The van der Waals surface area contributed by atoms with Gasteiger partial charge in [-0.25, -0.2) is 4.57 Å². The van der Waals surface area contributed by atoms with Crippen molar-refractivity contribution in [3.8, 4) is 0 Å². The summed E-state index contributed by atoms with van der Waals surface area (Å²) in [4.78, 5) is 38.7. The molecule has 0 aromatic rings. The van der Waals surface area contributed by atoms with E-state index < -0.39 is 25.2 Å². The van der Waals surface area contributed by atoms with Crippen molar-refractivity contribution >= 4 is 37.1 Å². The van der Waals surface area contributed by atoms with Crippen molar-refractivity contribution in [2.45, 2.75) is 66.1 Å². The lowest BCUT2D eigenvalue weighted by Gasteiger charge is -2.29. The molecule has 0 spiro atoms. The van der Waals surface area contributed by atoms with Crippen LogP contribution in [0.4, 0.5) is 0 Å². The summed E-state index contributed by atoms with van der Waals surface area (Å²) in [5.74, 6) is 0.687. The van der Waals surface area contributed by atoms with Gasteiger partial charge >= 0.3 is 7.82 Å². The molecule has 2 atom stereocenters. The normalized spacial score (nSPS) is 15.5. The molecule has 11 nitrogen and oxygen atoms in total. The molecule has 0 aliphatic rings. The molecule has 4 N–H and O–H groups in total. The molecule has 0 rings (SSSR count). The van der Waals surface area contributed by atoms with Crippen molar-refractivity contribution in [1.82, 2.24) is 10.6 Å². The number of oxime groups is 1. The number of phosphoric ester groups is 1. The third kappa shape index (κ3) is 16.2. The number of carbonyl (C=O) groups excluding carboxylic acids is 2. The Morgan fingerprint density at radius 3 is 2.30 bits per heavy atom. The highest BCUT2D eigenvalue weighted by atomic mass is 32.2. The van der Waals surface area contributed by atoms with Crippen LogP contribution in [-0.2, 0) is 28.0 Å². The fourth-order valence-electron chi connectivity index (χ4n) is 2.06. The van der Waals surface area contributed by atoms with Crippen LogP contribution in [0.5, 0.6) is 0 Å². The number of hydrogen-bond donors (Lipinski definition) is 4. The van der Waals surface area contributed by atoms with E-state index in [-0.39, 0.29) is 31.1 Å². The highest BCUT2D eigenvalue weighted by Gasteiger charge is 2.36. The van der Waals surface area contributed by atoms with Gasteiger partial charge in [-0.1, -0.05) is 19.0 Å². The van der Waals surface area contributed by atoms with Gasteiger partial charge in [-0.15, -0.1) is 0 Å². The summed E-state index contributed by atoms with van der Waals surface area (Å²) in [5, 5.41) is 19.5. The minimum absolute atomic E-state index is 0.0474. The van der Waals surface area contributed by atoms with Gasteiger partial charge in [0.2, 0.25) is 11.8 Å². The van der Waals surface area contributed by atoms with Crippen molar-refractivity contribution in [1.29, 1.82) is 0 Å². The molecule has 2 unspecified atom stereocenters. The number of rotatable bonds is 16. The second-order valence-electron chi connectivity index (χ2n) is 9.10. The molecule has 0 saturated heterocycles. The second kappa shape index (κ2) is 15.0. The van der Waals surface area contributed by atoms with E-state index in [0.717, 1.165) is 30.7 Å². The van der Waals surface area contributed by atoms with Crippen LogP contribution >= 0.6 is 19.6 Å². The molecule has 194 valence electrons. The molecule has 0 bridgehead atoms. The Morgan fingerprint density at radius 1 is 1.09 bits per heavy atom. The van der Waals surface area contributed by atoms with Gasteiger partial charge in [0.15, 0.2) is 0 Å². The summed E-state index contributed by atoms with van der Waals surface area (Å²) < 4.78 is 20.4. The van der Waals surface area contributed by atoms with Gasteiger partial charge in [0, 0.05) is 37.8 Å². The number of nitrogens with one attached hydrogen (secondary N) is 2. The largest absolute Gasteiger partial charge is 0.471 e. The number of carbonyl (C=O) groups is 2. The van der Waals surface area contributed by atoms with Crippen LogP contribution in [0.25, 0.3) is 0 Å². The number of thioether (sulfide) groups is 1. The van der Waals surface area contributed by atoms with E-state index in [1.807, 2.05) is 27.7 Å². The Balaban J connectivity index is 4.04. The van der Waals surface area contributed by atoms with E-state index in [0.29, 0.717) is 6.54 Å². The summed E-state index contributed by atoms with van der Waals surface area (Å²) in [6.45, 7) is 10.9. The molecule has 0 saturated carbocycles. The van der Waals surface area contributed by atoms with Crippen molar-refractivity contribution in [3.63, 3.8) is 0 Å². The molecule has 13 heteroatoms. The minimum Gasteiger partial charge on any atom is -0.390 e. The number of nitrogens with zero attached hydrogens (tertiary/aromatic N) is 1. The van der Waals surface area contributed by atoms with Gasteiger partial charge in [0.25, 0.3) is 0 Å². The molecule has 0 aromatic carbocycles. The zero-order valence-electron chi connectivity index (χ0n) is 20.7. The third-order valence-corrected chi connectivity index (χ3v) is 6.02. The van der Waals surface area contributed by atoms with Crippen molar-refractivity contribution < 1.29 is 38.0 Å². The monoisotopic (exact) mass is 513 g/mol. The van der Waals surface area contributed by atoms with Gasteiger partial charge in [0.1, 0.15) is 11.7 Å². The summed E-state index contributed by atoms with van der Waals surface area (Å²) >= 11 is 1.69. The topological polar surface area (TPSA) is 156 Å². The molecule has 0 fully saturated rings. The van der Waals surface area contributed by atoms with Crippen LogP contribution in [0.1, 0.15) is 54.4 Å². The number of aliphatic hydroxyl groups excluding tert-OH is 1. The molecule has 0 heterocycles. The Morgan fingerprint density at radius 2 is 1.73 bits per heavy atom. The first-order chi connectivity index (χ1) is 15.1. The van der Waals surface area contributed by atoms with E-state index in [1.165, 1.54) is 13.8 Å². The maximum absolute atomic E-state index is 12.1. The van der Waals surface area contributed by atoms with Crippen LogP contribution in [-0.4, -0.2) is 77.5 Å². The fraction of sp³-hybridized carbons (Fsp3) is 0.850. The SMILES string of the molecule is COP(=O)(O)OCC(C)(C)C(O)C(=O)NCCC(=O)NCCSCC/C(C)=N/OC(C)(C)C. The van der Waals surface area contributed by atoms with E-state index in [2.05, 4.69) is 20.3 Å². The molecule has 0 aromatic heterocycles. The van der Waals surface area contributed by atoms with Crippen LogP contribution in [0.3, 0.4) is 0 Å². The fourth-order valence-corrected chi connectivity index (χ4v) is 3.56. The number of phosphoric acid groups is 1. The first kappa shape index (κ1) is 31.8. The Bertz CT molecular complexity index is 697. The predicted octanol–water partition coefficient (Wildman–Crippen LogP) is 2.07. The highest BCUT2D eigenvalue weighted by molar-refractivity contribution is 7.99. The van der Waals surface area contributed by atoms with Crippen molar-refractivity contribution in [3.05, 3.63) is 0 Å². The summed E-state index contributed by atoms with van der Waals surface area (Å²) in [6, 6.07) is 0. The minimum atomic E-state index is -4.22. The van der Waals surface area contributed by atoms with E-state index >= 15 is 0 Å². The Kier molecular flexibility index (Phi) is 14.4. The maximum atomic E-state index is 12.1. The van der Waals surface area contributed by atoms with Crippen LogP contribution in [0.2, 0.25) is 0 Å². The molecule has 0 aliphatic heterocycles. The Labute approximate surface area is 201 Å². The van der Waals surface area contributed by atoms with E-state index in [1.54, 1.807) is 11.8 Å². The number of hydrogen-bond acceptors (Lipinski definition) is 9. The number of aliphatic hydroxyl groups is 1. The standard InChI is InChI=1S/C20H40N3O8PS/c1-15(23-31-19(2,3)4)9-12-33-13-11-21-16(24)8-10-22-18(26)17(25)20(5,6)14-30-32(27,28)29-7/h17,25H,8-14H2,1-7H3,(H,21,24)(H,22,26)(H,27,28)/b23-15+. The summed E-state index contributed by atoms with van der Waals surface area (Å²) in [6.07, 6.45) is -0.647. The molecule has 0 aliphatic carbocycles. The predicted molar refractivity (Wildman–Crippen MR) is 129 cm³/mol. The van der Waals surface area contributed by atoms with Gasteiger partial charge < -0.3 is 25.5 Å². The second-order valence-corrected chi connectivity index (χ2v) is 11.9. The van der Waals surface area contributed by atoms with Gasteiger partial charge in [0.05, 0.1) is 12.3 Å². The van der Waals surface area contributed by atoms with Crippen molar-refractivity contribution in [2.24, 2.45) is 10.6 Å².